The van der Waals surface area contributed by atoms with Crippen molar-refractivity contribution in [3.63, 3.8) is 0 Å². The van der Waals surface area contributed by atoms with E-state index in [4.69, 9.17) is 40.8 Å². The zero-order valence-electron chi connectivity index (χ0n) is 24.4. The monoisotopic (exact) mass is 577 g/mol. The molecule has 210 valence electrons. The van der Waals surface area contributed by atoms with Crippen LogP contribution in [-0.2, 0) is 28.0 Å². The van der Waals surface area contributed by atoms with E-state index >= 15 is 0 Å². The van der Waals surface area contributed by atoms with E-state index in [2.05, 4.69) is 0 Å². The van der Waals surface area contributed by atoms with Gasteiger partial charge in [-0.05, 0) is 78.8 Å². The van der Waals surface area contributed by atoms with Crippen LogP contribution in [0, 0.1) is 5.41 Å². The molecule has 0 saturated heterocycles. The number of ether oxygens (including phenoxy) is 1. The third kappa shape index (κ3) is 10.6. The molecule has 0 aliphatic rings. The van der Waals surface area contributed by atoms with Gasteiger partial charge in [-0.3, -0.25) is 9.40 Å². The second-order valence-corrected chi connectivity index (χ2v) is 22.8. The molecule has 0 N–H and O–H groups in total. The maximum Gasteiger partial charge on any atom is 0.350 e. The highest BCUT2D eigenvalue weighted by Gasteiger charge is 2.52. The average Bonchev–Trinajstić information content (AvgIpc) is 2.56. The standard InChI is InChI=1S/C24H50Cl2NO6PSi/c1-15-30-34(29,31-16-2)20(21(4,5)6)27(22(7,8)9)33-18(3)19(28)32-23(10,11)17-24(12,13)35(14,25)26/h18,20H,15-17H2,1-14H3. The van der Waals surface area contributed by atoms with E-state index in [0.717, 1.165) is 0 Å². The van der Waals surface area contributed by atoms with Gasteiger partial charge < -0.3 is 13.8 Å². The molecule has 7 nitrogen and oxygen atoms in total. The highest BCUT2D eigenvalue weighted by atomic mass is 35.7. The van der Waals surface area contributed by atoms with Crippen LogP contribution in [0.5, 0.6) is 0 Å². The van der Waals surface area contributed by atoms with Gasteiger partial charge in [0.2, 0.25) is 0 Å². The van der Waals surface area contributed by atoms with E-state index in [1.54, 1.807) is 25.8 Å². The summed E-state index contributed by atoms with van der Waals surface area (Å²) in [6, 6.07) is 0. The summed E-state index contributed by atoms with van der Waals surface area (Å²) in [5.41, 5.74) is -2.04. The number of carbonyl (C=O) groups excluding carboxylic acids is 1. The Balaban J connectivity index is 6.07. The van der Waals surface area contributed by atoms with Gasteiger partial charge in [0.1, 0.15) is 11.4 Å². The van der Waals surface area contributed by atoms with Gasteiger partial charge in [0.25, 0.3) is 6.69 Å². The predicted molar refractivity (Wildman–Crippen MR) is 148 cm³/mol. The molecule has 0 aromatic heterocycles. The van der Waals surface area contributed by atoms with Crippen molar-refractivity contribution in [2.24, 2.45) is 5.41 Å². The molecule has 0 amide bonds. The van der Waals surface area contributed by atoms with Gasteiger partial charge in [-0.2, -0.15) is 5.06 Å². The van der Waals surface area contributed by atoms with Crippen molar-refractivity contribution < 1.29 is 28.0 Å². The van der Waals surface area contributed by atoms with Gasteiger partial charge in [-0.15, -0.1) is 22.2 Å². The van der Waals surface area contributed by atoms with Gasteiger partial charge in [0.15, 0.2) is 6.10 Å². The number of halogens is 2. The van der Waals surface area contributed by atoms with Crippen LogP contribution in [0.1, 0.15) is 96.4 Å². The summed E-state index contributed by atoms with van der Waals surface area (Å²) in [6.45, 7) is 24.2. The second kappa shape index (κ2) is 12.5. The first-order chi connectivity index (χ1) is 15.3. The zero-order valence-corrected chi connectivity index (χ0v) is 27.8. The molecule has 0 radical (unpaired) electrons. The Morgan fingerprint density at radius 3 is 1.69 bits per heavy atom. The third-order valence-corrected chi connectivity index (χ3v) is 14.1. The van der Waals surface area contributed by atoms with Gasteiger partial charge in [-0.1, -0.05) is 34.6 Å². The minimum atomic E-state index is -3.65. The molecule has 0 rings (SSSR count). The molecular weight excluding hydrogens is 528 g/mol. The molecule has 0 aromatic carbocycles. The summed E-state index contributed by atoms with van der Waals surface area (Å²) < 4.78 is 31.3. The van der Waals surface area contributed by atoms with Gasteiger partial charge in [-0.25, -0.2) is 4.79 Å². The van der Waals surface area contributed by atoms with Crippen LogP contribution in [0.25, 0.3) is 0 Å². The lowest BCUT2D eigenvalue weighted by atomic mass is 9.94. The lowest BCUT2D eigenvalue weighted by molar-refractivity contribution is -0.266. The summed E-state index contributed by atoms with van der Waals surface area (Å²) in [5.74, 6) is -1.32. The number of carbonyl (C=O) groups is 1. The van der Waals surface area contributed by atoms with Crippen LogP contribution in [0.2, 0.25) is 11.6 Å². The first kappa shape index (κ1) is 35.3. The maximum atomic E-state index is 14.0. The maximum absolute atomic E-state index is 14.0. The largest absolute Gasteiger partial charge is 0.458 e. The first-order valence-electron chi connectivity index (χ1n) is 12.3. The minimum Gasteiger partial charge on any atom is -0.458 e. The van der Waals surface area contributed by atoms with Gasteiger partial charge in [0.05, 0.1) is 13.2 Å². The number of rotatable bonds is 13. The second-order valence-electron chi connectivity index (χ2n) is 12.5. The lowest BCUT2D eigenvalue weighted by Gasteiger charge is -2.48. The van der Waals surface area contributed by atoms with Crippen molar-refractivity contribution in [1.82, 2.24) is 5.06 Å². The predicted octanol–water partition coefficient (Wildman–Crippen LogP) is 8.09. The summed E-state index contributed by atoms with van der Waals surface area (Å²) in [5, 5.41) is 1.20. The molecule has 2 atom stereocenters. The Hall–Kier alpha value is 0.337. The molecule has 0 aliphatic heterocycles. The molecule has 0 fully saturated rings. The summed E-state index contributed by atoms with van der Waals surface area (Å²) in [6.07, 6.45) is -0.486. The van der Waals surface area contributed by atoms with Crippen molar-refractivity contribution in [3.05, 3.63) is 0 Å². The number of esters is 1. The minimum absolute atomic E-state index is 0.215. The van der Waals surface area contributed by atoms with Crippen LogP contribution in [-0.4, -0.2) is 54.0 Å². The number of hydroxylamine groups is 2. The fraction of sp³-hybridized carbons (Fsp3) is 0.958. The van der Waals surface area contributed by atoms with Crippen LogP contribution in [0.3, 0.4) is 0 Å². The van der Waals surface area contributed by atoms with Gasteiger partial charge in [0, 0.05) is 5.54 Å². The van der Waals surface area contributed by atoms with Crippen molar-refractivity contribution in [2.45, 2.75) is 131 Å². The molecular formula is C24H50Cl2NO6PSi. The molecule has 11 heteroatoms. The van der Waals surface area contributed by atoms with Crippen LogP contribution >= 0.6 is 29.8 Å². The Labute approximate surface area is 224 Å². The summed E-state index contributed by atoms with van der Waals surface area (Å²) in [7, 11) is -3.65. The average molecular weight is 579 g/mol. The summed E-state index contributed by atoms with van der Waals surface area (Å²) >= 11 is 13.0. The van der Waals surface area contributed by atoms with E-state index in [9.17, 15) is 9.36 Å². The molecule has 0 spiro atoms. The SMILES string of the molecule is CCOP(=O)(OCC)C(N(OC(C)C(=O)OC(C)(C)CC(C)(C)[Si](C)(Cl)Cl)C(C)(C)C)C(C)(C)C. The number of hydrogen-bond acceptors (Lipinski definition) is 7. The lowest BCUT2D eigenvalue weighted by Crippen LogP contribution is -2.55. The molecule has 0 aromatic rings. The Morgan fingerprint density at radius 1 is 0.943 bits per heavy atom. The van der Waals surface area contributed by atoms with Crippen molar-refractivity contribution >= 4 is 42.4 Å². The van der Waals surface area contributed by atoms with Crippen molar-refractivity contribution in [1.29, 1.82) is 0 Å². The van der Waals surface area contributed by atoms with E-state index in [0.29, 0.717) is 6.42 Å². The van der Waals surface area contributed by atoms with Crippen molar-refractivity contribution in [2.75, 3.05) is 13.2 Å². The van der Waals surface area contributed by atoms with Crippen LogP contribution in [0.15, 0.2) is 0 Å². The zero-order chi connectivity index (χ0) is 28.3. The highest BCUT2D eigenvalue weighted by molar-refractivity contribution is 7.54. The van der Waals surface area contributed by atoms with E-state index < -0.39 is 48.7 Å². The van der Waals surface area contributed by atoms with E-state index in [1.807, 2.05) is 75.8 Å². The topological polar surface area (TPSA) is 74.3 Å². The Kier molecular flexibility index (Phi) is 12.6. The fourth-order valence-electron chi connectivity index (χ4n) is 3.90. The third-order valence-electron chi connectivity index (χ3n) is 5.61. The normalized spacial score (nSPS) is 16.4. The summed E-state index contributed by atoms with van der Waals surface area (Å²) in [4.78, 5) is 19.4. The molecule has 0 bridgehead atoms. The van der Waals surface area contributed by atoms with Crippen molar-refractivity contribution in [3.8, 4) is 0 Å². The fourth-order valence-corrected chi connectivity index (χ4v) is 7.72. The van der Waals surface area contributed by atoms with E-state index in [1.165, 1.54) is 0 Å². The highest BCUT2D eigenvalue weighted by Crippen LogP contribution is 2.61. The molecule has 0 heterocycles. The number of nitrogens with zero attached hydrogens (tertiary/aromatic N) is 1. The van der Waals surface area contributed by atoms with E-state index in [-0.39, 0.29) is 18.3 Å². The van der Waals surface area contributed by atoms with Gasteiger partial charge >= 0.3 is 13.6 Å². The quantitative estimate of drug-likeness (QED) is 0.0719. The Bertz CT molecular complexity index is 734. The molecule has 2 unspecified atom stereocenters. The van der Waals surface area contributed by atoms with Crippen LogP contribution < -0.4 is 0 Å². The molecule has 0 aliphatic carbocycles. The van der Waals surface area contributed by atoms with Crippen LogP contribution in [0.4, 0.5) is 0 Å². The molecule has 0 saturated carbocycles. The molecule has 35 heavy (non-hydrogen) atoms. The first-order valence-corrected chi connectivity index (χ1v) is 18.4. The Morgan fingerprint density at radius 2 is 1.37 bits per heavy atom. The number of hydrogen-bond donors (Lipinski definition) is 0. The smallest absolute Gasteiger partial charge is 0.350 e.